The molecule has 1 aliphatic rings. The fraction of sp³-hybridized carbons (Fsp3) is 0.455. The van der Waals surface area contributed by atoms with E-state index in [0.717, 1.165) is 4.47 Å². The highest BCUT2D eigenvalue weighted by molar-refractivity contribution is 9.10. The second kappa shape index (κ2) is 4.52. The molecule has 2 amide bonds. The van der Waals surface area contributed by atoms with E-state index in [9.17, 15) is 9.59 Å². The van der Waals surface area contributed by atoms with Crippen molar-refractivity contribution >= 4 is 27.7 Å². The molecule has 0 spiro atoms. The molecular formula is C11H14BrN3O2. The fourth-order valence-electron chi connectivity index (χ4n) is 1.83. The van der Waals surface area contributed by atoms with Crippen LogP contribution < -0.4 is 0 Å². The Labute approximate surface area is 108 Å². The summed E-state index contributed by atoms with van der Waals surface area (Å²) in [5.41, 5.74) is 0.592. The molecule has 0 N–H and O–H groups in total. The summed E-state index contributed by atoms with van der Waals surface area (Å²) in [6, 6.07) is 1.77. The number of carbonyl (C=O) groups excluding carboxylic acids is 2. The molecule has 1 saturated heterocycles. The van der Waals surface area contributed by atoms with Crippen LogP contribution in [0.3, 0.4) is 0 Å². The average molecular weight is 300 g/mol. The number of hydrogen-bond acceptors (Lipinski definition) is 2. The summed E-state index contributed by atoms with van der Waals surface area (Å²) >= 11 is 3.33. The molecule has 0 radical (unpaired) electrons. The number of amides is 2. The van der Waals surface area contributed by atoms with E-state index < -0.39 is 0 Å². The molecule has 0 unspecified atom stereocenters. The molecule has 0 atom stereocenters. The maximum absolute atomic E-state index is 12.2. The van der Waals surface area contributed by atoms with Crippen LogP contribution in [0, 0.1) is 0 Å². The van der Waals surface area contributed by atoms with Crippen LogP contribution in [-0.2, 0) is 11.8 Å². The molecule has 6 heteroatoms. The first-order chi connectivity index (χ1) is 7.99. The summed E-state index contributed by atoms with van der Waals surface area (Å²) in [6.07, 6.45) is 1.82. The molecule has 0 bridgehead atoms. The SMILES string of the molecule is CN1CCN(C(=O)c2cc(Br)cn2C)CC1=O. The maximum atomic E-state index is 12.2. The largest absolute Gasteiger partial charge is 0.345 e. The summed E-state index contributed by atoms with van der Waals surface area (Å²) in [5.74, 6) is -0.113. The van der Waals surface area contributed by atoms with Gasteiger partial charge in [-0.3, -0.25) is 9.59 Å². The smallest absolute Gasteiger partial charge is 0.271 e. The summed E-state index contributed by atoms with van der Waals surface area (Å²) in [7, 11) is 3.57. The van der Waals surface area contributed by atoms with E-state index in [2.05, 4.69) is 15.9 Å². The fourth-order valence-corrected chi connectivity index (χ4v) is 2.35. The van der Waals surface area contributed by atoms with Crippen molar-refractivity contribution in [3.05, 3.63) is 22.4 Å². The zero-order valence-electron chi connectivity index (χ0n) is 9.81. The molecule has 0 saturated carbocycles. The standard InChI is InChI=1S/C11H14BrN3O2/c1-13-3-4-15(7-10(13)16)11(17)9-5-8(12)6-14(9)2/h5-6H,3-4,7H2,1-2H3. The highest BCUT2D eigenvalue weighted by Gasteiger charge is 2.26. The lowest BCUT2D eigenvalue weighted by atomic mass is 10.3. The van der Waals surface area contributed by atoms with E-state index in [-0.39, 0.29) is 18.4 Å². The van der Waals surface area contributed by atoms with Gasteiger partial charge in [0.1, 0.15) is 12.2 Å². The predicted octanol–water partition coefficient (Wildman–Crippen LogP) is 0.702. The summed E-state index contributed by atoms with van der Waals surface area (Å²) < 4.78 is 2.62. The molecule has 2 rings (SSSR count). The van der Waals surface area contributed by atoms with Gasteiger partial charge in [0.2, 0.25) is 5.91 Å². The van der Waals surface area contributed by atoms with Crippen LogP contribution in [0.4, 0.5) is 0 Å². The predicted molar refractivity (Wildman–Crippen MR) is 66.7 cm³/mol. The normalized spacial score (nSPS) is 16.5. The van der Waals surface area contributed by atoms with Crippen molar-refractivity contribution in [2.75, 3.05) is 26.7 Å². The second-order valence-electron chi connectivity index (χ2n) is 4.20. The van der Waals surface area contributed by atoms with Crippen LogP contribution in [-0.4, -0.2) is 52.9 Å². The molecule has 1 aromatic rings. The Hall–Kier alpha value is -1.30. The van der Waals surface area contributed by atoms with Gasteiger partial charge in [-0.1, -0.05) is 0 Å². The first-order valence-corrected chi connectivity index (χ1v) is 6.13. The van der Waals surface area contributed by atoms with Crippen molar-refractivity contribution in [3.63, 3.8) is 0 Å². The molecule has 92 valence electrons. The quantitative estimate of drug-likeness (QED) is 0.766. The van der Waals surface area contributed by atoms with Crippen LogP contribution in [0.5, 0.6) is 0 Å². The summed E-state index contributed by atoms with van der Waals surface area (Å²) in [5, 5.41) is 0. The van der Waals surface area contributed by atoms with Crippen LogP contribution in [0.15, 0.2) is 16.7 Å². The Morgan fingerprint density at radius 1 is 1.35 bits per heavy atom. The number of piperazine rings is 1. The monoisotopic (exact) mass is 299 g/mol. The zero-order chi connectivity index (χ0) is 12.6. The highest BCUT2D eigenvalue weighted by Crippen LogP contribution is 2.16. The Balaban J connectivity index is 2.16. The lowest BCUT2D eigenvalue weighted by Gasteiger charge is -2.31. The first-order valence-electron chi connectivity index (χ1n) is 5.34. The van der Waals surface area contributed by atoms with E-state index in [1.54, 1.807) is 27.5 Å². The van der Waals surface area contributed by atoms with Crippen molar-refractivity contribution in [1.82, 2.24) is 14.4 Å². The average Bonchev–Trinajstić information content (AvgIpc) is 2.61. The van der Waals surface area contributed by atoms with Crippen LogP contribution in [0.1, 0.15) is 10.5 Å². The summed E-state index contributed by atoms with van der Waals surface area (Å²) in [6.45, 7) is 1.35. The lowest BCUT2D eigenvalue weighted by Crippen LogP contribution is -2.50. The molecule has 1 aliphatic heterocycles. The second-order valence-corrected chi connectivity index (χ2v) is 5.11. The Morgan fingerprint density at radius 2 is 2.06 bits per heavy atom. The molecule has 17 heavy (non-hydrogen) atoms. The van der Waals surface area contributed by atoms with E-state index in [0.29, 0.717) is 18.8 Å². The van der Waals surface area contributed by atoms with Gasteiger partial charge < -0.3 is 14.4 Å². The van der Waals surface area contributed by atoms with Gasteiger partial charge >= 0.3 is 0 Å². The molecule has 1 aromatic heterocycles. The molecule has 2 heterocycles. The topological polar surface area (TPSA) is 45.5 Å². The summed E-state index contributed by atoms with van der Waals surface area (Å²) in [4.78, 5) is 27.0. The van der Waals surface area contributed by atoms with Gasteiger partial charge in [-0.25, -0.2) is 0 Å². The zero-order valence-corrected chi connectivity index (χ0v) is 11.4. The van der Waals surface area contributed by atoms with Crippen LogP contribution in [0.2, 0.25) is 0 Å². The van der Waals surface area contributed by atoms with Gasteiger partial charge in [0.25, 0.3) is 5.91 Å². The molecule has 1 fully saturated rings. The van der Waals surface area contributed by atoms with Gasteiger partial charge in [-0.2, -0.15) is 0 Å². The number of halogens is 1. The third kappa shape index (κ3) is 2.36. The minimum absolute atomic E-state index is 0.0159. The van der Waals surface area contributed by atoms with Gasteiger partial charge in [-0.05, 0) is 22.0 Å². The van der Waals surface area contributed by atoms with Crippen molar-refractivity contribution in [2.45, 2.75) is 0 Å². The van der Waals surface area contributed by atoms with Crippen LogP contribution in [0.25, 0.3) is 0 Å². The van der Waals surface area contributed by atoms with E-state index in [1.807, 2.05) is 13.2 Å². The molecular weight excluding hydrogens is 286 g/mol. The Morgan fingerprint density at radius 3 is 2.59 bits per heavy atom. The van der Waals surface area contributed by atoms with E-state index in [4.69, 9.17) is 0 Å². The van der Waals surface area contributed by atoms with Gasteiger partial charge in [0.15, 0.2) is 0 Å². The number of likely N-dealkylation sites (N-methyl/N-ethyl adjacent to an activating group) is 1. The Kier molecular flexibility index (Phi) is 3.24. The third-order valence-corrected chi connectivity index (χ3v) is 3.37. The minimum atomic E-state index is -0.0975. The molecule has 5 nitrogen and oxygen atoms in total. The van der Waals surface area contributed by atoms with Crippen molar-refractivity contribution < 1.29 is 9.59 Å². The number of aromatic nitrogens is 1. The highest BCUT2D eigenvalue weighted by atomic mass is 79.9. The van der Waals surface area contributed by atoms with E-state index >= 15 is 0 Å². The van der Waals surface area contributed by atoms with E-state index in [1.165, 1.54) is 0 Å². The van der Waals surface area contributed by atoms with Gasteiger partial charge in [0.05, 0.1) is 0 Å². The van der Waals surface area contributed by atoms with Crippen molar-refractivity contribution in [2.24, 2.45) is 7.05 Å². The van der Waals surface area contributed by atoms with Crippen molar-refractivity contribution in [3.8, 4) is 0 Å². The lowest BCUT2D eigenvalue weighted by molar-refractivity contribution is -0.133. The van der Waals surface area contributed by atoms with Crippen molar-refractivity contribution in [1.29, 1.82) is 0 Å². The number of hydrogen-bond donors (Lipinski definition) is 0. The van der Waals surface area contributed by atoms with Gasteiger partial charge in [0, 0.05) is 37.9 Å². The minimum Gasteiger partial charge on any atom is -0.345 e. The van der Waals surface area contributed by atoms with Gasteiger partial charge in [-0.15, -0.1) is 0 Å². The number of carbonyl (C=O) groups is 2. The third-order valence-electron chi connectivity index (χ3n) is 2.94. The number of rotatable bonds is 1. The first kappa shape index (κ1) is 12.2. The number of aryl methyl sites for hydroxylation is 1. The molecule has 0 aliphatic carbocycles. The maximum Gasteiger partial charge on any atom is 0.271 e. The molecule has 0 aromatic carbocycles. The Bertz CT molecular complexity index is 469. The number of nitrogens with zero attached hydrogens (tertiary/aromatic N) is 3. The van der Waals surface area contributed by atoms with Crippen LogP contribution >= 0.6 is 15.9 Å².